The van der Waals surface area contributed by atoms with E-state index in [0.29, 0.717) is 6.04 Å². The summed E-state index contributed by atoms with van der Waals surface area (Å²) in [5.41, 5.74) is 7.88. The van der Waals surface area contributed by atoms with Crippen molar-refractivity contribution in [2.75, 3.05) is 6.54 Å². The van der Waals surface area contributed by atoms with Crippen LogP contribution in [-0.2, 0) is 0 Å². The second-order valence-electron chi connectivity index (χ2n) is 7.06. The normalized spacial score (nSPS) is 20.7. The maximum absolute atomic E-state index is 4.35. The van der Waals surface area contributed by atoms with Crippen molar-refractivity contribution < 1.29 is 0 Å². The summed E-state index contributed by atoms with van der Waals surface area (Å²) >= 11 is 0. The Kier molecular flexibility index (Phi) is 4.68. The summed E-state index contributed by atoms with van der Waals surface area (Å²) in [7, 11) is 0. The standard InChI is InChI=1S/C22H27N/c1-15-7-5-6-8-21(15)22-10-9-20(12-17(22)3)16(2)11-19-13-18(4)23-14-19/h5-10,12,18-19,23H,2,11,13-14H2,1,3-4H3. The Morgan fingerprint density at radius 1 is 1.09 bits per heavy atom. The van der Waals surface area contributed by atoms with Gasteiger partial charge in [0, 0.05) is 6.04 Å². The summed E-state index contributed by atoms with van der Waals surface area (Å²) in [6, 6.07) is 16.0. The molecule has 1 fully saturated rings. The van der Waals surface area contributed by atoms with Gasteiger partial charge in [-0.05, 0) is 79.5 Å². The Hall–Kier alpha value is -1.86. The van der Waals surface area contributed by atoms with Crippen LogP contribution in [0, 0.1) is 19.8 Å². The molecule has 2 atom stereocenters. The van der Waals surface area contributed by atoms with Gasteiger partial charge in [0.2, 0.25) is 0 Å². The first kappa shape index (κ1) is 16.0. The largest absolute Gasteiger partial charge is 0.314 e. The van der Waals surface area contributed by atoms with Crippen molar-refractivity contribution in [3.63, 3.8) is 0 Å². The first-order valence-electron chi connectivity index (χ1n) is 8.63. The summed E-state index contributed by atoms with van der Waals surface area (Å²) in [5.74, 6) is 0.730. The van der Waals surface area contributed by atoms with E-state index < -0.39 is 0 Å². The average Bonchev–Trinajstić information content (AvgIpc) is 2.93. The highest BCUT2D eigenvalue weighted by atomic mass is 14.9. The maximum atomic E-state index is 4.35. The van der Waals surface area contributed by atoms with Crippen LogP contribution in [0.3, 0.4) is 0 Å². The van der Waals surface area contributed by atoms with Gasteiger partial charge in [-0.15, -0.1) is 0 Å². The van der Waals surface area contributed by atoms with Gasteiger partial charge < -0.3 is 5.32 Å². The Balaban J connectivity index is 1.79. The Morgan fingerprint density at radius 2 is 1.83 bits per heavy atom. The van der Waals surface area contributed by atoms with Gasteiger partial charge in [0.25, 0.3) is 0 Å². The number of nitrogens with one attached hydrogen (secondary N) is 1. The molecule has 23 heavy (non-hydrogen) atoms. The van der Waals surface area contributed by atoms with E-state index in [0.717, 1.165) is 18.9 Å². The monoisotopic (exact) mass is 305 g/mol. The molecule has 1 aliphatic rings. The van der Waals surface area contributed by atoms with Crippen molar-refractivity contribution in [3.05, 3.63) is 65.7 Å². The van der Waals surface area contributed by atoms with Crippen molar-refractivity contribution in [2.45, 2.75) is 39.7 Å². The molecule has 1 saturated heterocycles. The lowest BCUT2D eigenvalue weighted by Gasteiger charge is -2.15. The molecule has 0 radical (unpaired) electrons. The third kappa shape index (κ3) is 3.56. The summed E-state index contributed by atoms with van der Waals surface area (Å²) in [4.78, 5) is 0. The molecule has 1 N–H and O–H groups in total. The van der Waals surface area contributed by atoms with Gasteiger partial charge in [0.05, 0.1) is 0 Å². The first-order chi connectivity index (χ1) is 11.0. The summed E-state index contributed by atoms with van der Waals surface area (Å²) in [5, 5.41) is 3.53. The molecule has 1 heterocycles. The molecule has 0 spiro atoms. The van der Waals surface area contributed by atoms with E-state index >= 15 is 0 Å². The number of aryl methyl sites for hydroxylation is 2. The van der Waals surface area contributed by atoms with E-state index in [1.165, 1.54) is 39.8 Å². The summed E-state index contributed by atoms with van der Waals surface area (Å²) in [6.07, 6.45) is 2.36. The van der Waals surface area contributed by atoms with Gasteiger partial charge in [0.1, 0.15) is 0 Å². The zero-order valence-corrected chi connectivity index (χ0v) is 14.5. The van der Waals surface area contributed by atoms with Gasteiger partial charge in [-0.3, -0.25) is 0 Å². The van der Waals surface area contributed by atoms with E-state index in [1.54, 1.807) is 0 Å². The zero-order chi connectivity index (χ0) is 16.4. The molecule has 0 amide bonds. The lowest BCUT2D eigenvalue weighted by molar-refractivity contribution is 0.583. The summed E-state index contributed by atoms with van der Waals surface area (Å²) < 4.78 is 0. The lowest BCUT2D eigenvalue weighted by atomic mass is 9.90. The predicted molar refractivity (Wildman–Crippen MR) is 101 cm³/mol. The van der Waals surface area contributed by atoms with E-state index in [-0.39, 0.29) is 0 Å². The molecule has 1 nitrogen and oxygen atoms in total. The highest BCUT2D eigenvalue weighted by Gasteiger charge is 2.21. The number of rotatable bonds is 4. The second kappa shape index (κ2) is 6.72. The molecule has 0 aromatic heterocycles. The van der Waals surface area contributed by atoms with Gasteiger partial charge in [-0.25, -0.2) is 0 Å². The van der Waals surface area contributed by atoms with Crippen LogP contribution >= 0.6 is 0 Å². The van der Waals surface area contributed by atoms with Crippen molar-refractivity contribution >= 4 is 5.57 Å². The van der Waals surface area contributed by atoms with Crippen LogP contribution < -0.4 is 5.32 Å². The molecule has 120 valence electrons. The van der Waals surface area contributed by atoms with Gasteiger partial charge in [0.15, 0.2) is 0 Å². The van der Waals surface area contributed by atoms with E-state index in [4.69, 9.17) is 0 Å². The molecule has 2 aromatic rings. The van der Waals surface area contributed by atoms with Gasteiger partial charge >= 0.3 is 0 Å². The van der Waals surface area contributed by atoms with Crippen molar-refractivity contribution in [1.82, 2.24) is 5.32 Å². The van der Waals surface area contributed by atoms with Crippen LogP contribution in [-0.4, -0.2) is 12.6 Å². The van der Waals surface area contributed by atoms with Gasteiger partial charge in [-0.2, -0.15) is 0 Å². The van der Waals surface area contributed by atoms with Crippen LogP contribution in [0.5, 0.6) is 0 Å². The molecule has 1 aliphatic heterocycles. The minimum Gasteiger partial charge on any atom is -0.314 e. The molecule has 3 rings (SSSR count). The molecule has 2 unspecified atom stereocenters. The van der Waals surface area contributed by atoms with Crippen LogP contribution in [0.2, 0.25) is 0 Å². The smallest absolute Gasteiger partial charge is 0.00420 e. The quantitative estimate of drug-likeness (QED) is 0.800. The SMILES string of the molecule is C=C(CC1CNC(C)C1)c1ccc(-c2ccccc2C)c(C)c1. The Morgan fingerprint density at radius 3 is 2.48 bits per heavy atom. The van der Waals surface area contributed by atoms with Crippen molar-refractivity contribution in [1.29, 1.82) is 0 Å². The molecule has 0 bridgehead atoms. The number of hydrogen-bond acceptors (Lipinski definition) is 1. The average molecular weight is 305 g/mol. The van der Waals surface area contributed by atoms with E-state index in [2.05, 4.69) is 75.1 Å². The number of benzene rings is 2. The minimum absolute atomic E-state index is 0.651. The minimum atomic E-state index is 0.651. The van der Waals surface area contributed by atoms with Crippen molar-refractivity contribution in [3.8, 4) is 11.1 Å². The number of hydrogen-bond donors (Lipinski definition) is 1. The highest BCUT2D eigenvalue weighted by molar-refractivity contribution is 5.74. The molecule has 1 heteroatoms. The Labute approximate surface area is 140 Å². The second-order valence-corrected chi connectivity index (χ2v) is 7.06. The number of allylic oxidation sites excluding steroid dienone is 1. The fourth-order valence-electron chi connectivity index (χ4n) is 3.72. The zero-order valence-electron chi connectivity index (χ0n) is 14.5. The third-order valence-electron chi connectivity index (χ3n) is 5.05. The van der Waals surface area contributed by atoms with Crippen molar-refractivity contribution in [2.24, 2.45) is 5.92 Å². The Bertz CT molecular complexity index is 714. The lowest BCUT2D eigenvalue weighted by Crippen LogP contribution is -2.16. The molecule has 2 aromatic carbocycles. The van der Waals surface area contributed by atoms with Crippen LogP contribution in [0.25, 0.3) is 16.7 Å². The fourth-order valence-corrected chi connectivity index (χ4v) is 3.72. The maximum Gasteiger partial charge on any atom is 0.00420 e. The fraction of sp³-hybridized carbons (Fsp3) is 0.364. The molecule has 0 saturated carbocycles. The summed E-state index contributed by atoms with van der Waals surface area (Å²) in [6.45, 7) is 12.1. The highest BCUT2D eigenvalue weighted by Crippen LogP contribution is 2.31. The molecular weight excluding hydrogens is 278 g/mol. The third-order valence-corrected chi connectivity index (χ3v) is 5.05. The van der Waals surface area contributed by atoms with Crippen LogP contribution in [0.4, 0.5) is 0 Å². The van der Waals surface area contributed by atoms with Crippen LogP contribution in [0.1, 0.15) is 36.5 Å². The first-order valence-corrected chi connectivity index (χ1v) is 8.63. The van der Waals surface area contributed by atoms with Gasteiger partial charge in [-0.1, -0.05) is 49.0 Å². The molecular formula is C22H27N. The van der Waals surface area contributed by atoms with Crippen LogP contribution in [0.15, 0.2) is 49.0 Å². The molecule has 0 aliphatic carbocycles. The van der Waals surface area contributed by atoms with E-state index in [1.807, 2.05) is 0 Å². The predicted octanol–water partition coefficient (Wildman–Crippen LogP) is 5.37. The topological polar surface area (TPSA) is 12.0 Å². The van der Waals surface area contributed by atoms with E-state index in [9.17, 15) is 0 Å².